The highest BCUT2D eigenvalue weighted by molar-refractivity contribution is 5.75. The van der Waals surface area contributed by atoms with Crippen LogP contribution in [0.15, 0.2) is 30.3 Å². The molecule has 0 radical (unpaired) electrons. The van der Waals surface area contributed by atoms with Crippen LogP contribution in [0.4, 0.5) is 4.79 Å². The number of nitrogens with zero attached hydrogens (tertiary/aromatic N) is 2. The SMILES string of the molecule is C[C@H]1CN(C(=O)NCCN2CCOCC2)[C@H]1c1ccccc1. The molecule has 2 heterocycles. The number of hydrogen-bond acceptors (Lipinski definition) is 3. The van der Waals surface area contributed by atoms with E-state index in [1.807, 2.05) is 23.1 Å². The minimum Gasteiger partial charge on any atom is -0.379 e. The van der Waals surface area contributed by atoms with Crippen molar-refractivity contribution in [3.63, 3.8) is 0 Å². The van der Waals surface area contributed by atoms with Crippen molar-refractivity contribution in [3.8, 4) is 0 Å². The van der Waals surface area contributed by atoms with Crippen LogP contribution in [0.3, 0.4) is 0 Å². The van der Waals surface area contributed by atoms with E-state index in [0.29, 0.717) is 12.5 Å². The van der Waals surface area contributed by atoms with E-state index in [2.05, 4.69) is 29.3 Å². The van der Waals surface area contributed by atoms with Gasteiger partial charge in [0.1, 0.15) is 0 Å². The zero-order valence-electron chi connectivity index (χ0n) is 13.2. The van der Waals surface area contributed by atoms with Gasteiger partial charge in [0, 0.05) is 32.7 Å². The number of carbonyl (C=O) groups excluding carboxylic acids is 1. The Morgan fingerprint density at radius 1 is 1.27 bits per heavy atom. The summed E-state index contributed by atoms with van der Waals surface area (Å²) in [5.41, 5.74) is 1.23. The Morgan fingerprint density at radius 2 is 2.00 bits per heavy atom. The summed E-state index contributed by atoms with van der Waals surface area (Å²) in [5.74, 6) is 0.521. The van der Waals surface area contributed by atoms with Gasteiger partial charge in [0.2, 0.25) is 0 Å². The molecule has 0 saturated carbocycles. The lowest BCUT2D eigenvalue weighted by atomic mass is 9.85. The average Bonchev–Trinajstić information content (AvgIpc) is 2.54. The summed E-state index contributed by atoms with van der Waals surface area (Å²) in [4.78, 5) is 16.6. The van der Waals surface area contributed by atoms with Crippen molar-refractivity contribution < 1.29 is 9.53 Å². The minimum atomic E-state index is 0.0558. The highest BCUT2D eigenvalue weighted by Gasteiger charge is 2.39. The van der Waals surface area contributed by atoms with Gasteiger partial charge in [-0.15, -0.1) is 0 Å². The number of nitrogens with one attached hydrogen (secondary N) is 1. The van der Waals surface area contributed by atoms with Gasteiger partial charge in [-0.2, -0.15) is 0 Å². The summed E-state index contributed by atoms with van der Waals surface area (Å²) in [6.07, 6.45) is 0. The number of hydrogen-bond donors (Lipinski definition) is 1. The molecule has 0 bridgehead atoms. The average molecular weight is 303 g/mol. The first-order valence-electron chi connectivity index (χ1n) is 8.15. The molecule has 0 spiro atoms. The molecular weight excluding hydrogens is 278 g/mol. The Labute approximate surface area is 132 Å². The van der Waals surface area contributed by atoms with E-state index < -0.39 is 0 Å². The standard InChI is InChI=1S/C17H25N3O2/c1-14-13-20(16(14)15-5-3-2-4-6-15)17(21)18-7-8-19-9-11-22-12-10-19/h2-6,14,16H,7-13H2,1H3,(H,18,21)/t14-,16+/m0/s1. The maximum Gasteiger partial charge on any atom is 0.317 e. The second-order valence-electron chi connectivity index (χ2n) is 6.17. The Bertz CT molecular complexity index is 488. The van der Waals surface area contributed by atoms with Gasteiger partial charge in [0.05, 0.1) is 19.3 Å². The third kappa shape index (κ3) is 3.42. The second kappa shape index (κ2) is 7.11. The molecule has 22 heavy (non-hydrogen) atoms. The number of rotatable bonds is 4. The first-order valence-corrected chi connectivity index (χ1v) is 8.15. The largest absolute Gasteiger partial charge is 0.379 e. The number of benzene rings is 1. The van der Waals surface area contributed by atoms with E-state index in [-0.39, 0.29) is 12.1 Å². The third-order valence-electron chi connectivity index (χ3n) is 4.57. The molecule has 2 amide bonds. The van der Waals surface area contributed by atoms with E-state index in [4.69, 9.17) is 4.74 Å². The molecule has 2 aliphatic heterocycles. The van der Waals surface area contributed by atoms with E-state index in [1.165, 1.54) is 5.56 Å². The van der Waals surface area contributed by atoms with Gasteiger partial charge in [-0.25, -0.2) is 4.79 Å². The highest BCUT2D eigenvalue weighted by atomic mass is 16.5. The van der Waals surface area contributed by atoms with Gasteiger partial charge in [0.25, 0.3) is 0 Å². The van der Waals surface area contributed by atoms with Crippen molar-refractivity contribution in [1.29, 1.82) is 0 Å². The first kappa shape index (κ1) is 15.3. The number of ether oxygens (including phenoxy) is 1. The van der Waals surface area contributed by atoms with E-state index in [1.54, 1.807) is 0 Å². The van der Waals surface area contributed by atoms with Gasteiger partial charge in [-0.05, 0) is 11.5 Å². The molecule has 3 rings (SSSR count). The predicted molar refractivity (Wildman–Crippen MR) is 85.7 cm³/mol. The molecule has 1 aromatic carbocycles. The van der Waals surface area contributed by atoms with E-state index >= 15 is 0 Å². The predicted octanol–water partition coefficient (Wildman–Crippen LogP) is 1.72. The summed E-state index contributed by atoms with van der Waals surface area (Å²) >= 11 is 0. The van der Waals surface area contributed by atoms with Crippen molar-refractivity contribution >= 4 is 6.03 Å². The monoisotopic (exact) mass is 303 g/mol. The summed E-state index contributed by atoms with van der Waals surface area (Å²) in [6.45, 7) is 8.16. The first-order chi connectivity index (χ1) is 10.8. The maximum absolute atomic E-state index is 12.4. The number of urea groups is 1. The molecule has 1 aromatic rings. The summed E-state index contributed by atoms with van der Waals surface area (Å²) in [7, 11) is 0. The fourth-order valence-electron chi connectivity index (χ4n) is 3.31. The molecule has 0 aliphatic carbocycles. The fraction of sp³-hybridized carbons (Fsp3) is 0.588. The van der Waals surface area contributed by atoms with Gasteiger partial charge >= 0.3 is 6.03 Å². The normalized spacial score (nSPS) is 25.6. The second-order valence-corrected chi connectivity index (χ2v) is 6.17. The van der Waals surface area contributed by atoms with E-state index in [0.717, 1.165) is 39.4 Å². The van der Waals surface area contributed by atoms with Gasteiger partial charge in [-0.1, -0.05) is 37.3 Å². The van der Waals surface area contributed by atoms with Crippen molar-refractivity contribution in [2.24, 2.45) is 5.92 Å². The number of amides is 2. The van der Waals surface area contributed by atoms with Crippen LogP contribution in [0.2, 0.25) is 0 Å². The smallest absolute Gasteiger partial charge is 0.317 e. The summed E-state index contributed by atoms with van der Waals surface area (Å²) in [6, 6.07) is 10.6. The molecule has 2 atom stereocenters. The van der Waals surface area contributed by atoms with Crippen molar-refractivity contribution in [1.82, 2.24) is 15.1 Å². The van der Waals surface area contributed by atoms with Gasteiger partial charge < -0.3 is 15.0 Å². The zero-order valence-corrected chi connectivity index (χ0v) is 13.2. The Hall–Kier alpha value is -1.59. The molecule has 5 heteroatoms. The lowest BCUT2D eigenvalue weighted by Gasteiger charge is -2.46. The van der Waals surface area contributed by atoms with Crippen LogP contribution in [-0.4, -0.2) is 61.8 Å². The molecule has 2 fully saturated rings. The Kier molecular flexibility index (Phi) is 4.95. The molecule has 5 nitrogen and oxygen atoms in total. The molecule has 2 aliphatic rings. The van der Waals surface area contributed by atoms with Gasteiger partial charge in [0.15, 0.2) is 0 Å². The van der Waals surface area contributed by atoms with Gasteiger partial charge in [-0.3, -0.25) is 4.90 Å². The summed E-state index contributed by atoms with van der Waals surface area (Å²) < 4.78 is 5.33. The fourth-order valence-corrected chi connectivity index (χ4v) is 3.31. The molecule has 2 saturated heterocycles. The van der Waals surface area contributed by atoms with Crippen LogP contribution in [-0.2, 0) is 4.74 Å². The van der Waals surface area contributed by atoms with Crippen LogP contribution in [0.25, 0.3) is 0 Å². The molecule has 0 aromatic heterocycles. The van der Waals surface area contributed by atoms with Crippen LogP contribution in [0.1, 0.15) is 18.5 Å². The topological polar surface area (TPSA) is 44.8 Å². The lowest BCUT2D eigenvalue weighted by molar-refractivity contribution is 0.0369. The van der Waals surface area contributed by atoms with Crippen molar-refractivity contribution in [3.05, 3.63) is 35.9 Å². The summed E-state index contributed by atoms with van der Waals surface area (Å²) in [5, 5.41) is 3.06. The van der Waals surface area contributed by atoms with Crippen molar-refractivity contribution in [2.45, 2.75) is 13.0 Å². The molecule has 1 N–H and O–H groups in total. The van der Waals surface area contributed by atoms with Crippen LogP contribution >= 0.6 is 0 Å². The van der Waals surface area contributed by atoms with Crippen molar-refractivity contribution in [2.75, 3.05) is 45.9 Å². The quantitative estimate of drug-likeness (QED) is 0.921. The molecule has 120 valence electrons. The molecule has 0 unspecified atom stereocenters. The maximum atomic E-state index is 12.4. The number of morpholine rings is 1. The number of carbonyl (C=O) groups is 1. The van der Waals surface area contributed by atoms with Crippen LogP contribution in [0.5, 0.6) is 0 Å². The number of likely N-dealkylation sites (tertiary alicyclic amines) is 1. The molecular formula is C17H25N3O2. The Balaban J connectivity index is 1.47. The third-order valence-corrected chi connectivity index (χ3v) is 4.57. The zero-order chi connectivity index (χ0) is 15.4. The van der Waals surface area contributed by atoms with E-state index in [9.17, 15) is 4.79 Å². The lowest BCUT2D eigenvalue weighted by Crippen LogP contribution is -2.55. The highest BCUT2D eigenvalue weighted by Crippen LogP contribution is 2.38. The Morgan fingerprint density at radius 3 is 2.68 bits per heavy atom. The van der Waals surface area contributed by atoms with Crippen LogP contribution in [0, 0.1) is 5.92 Å². The minimum absolute atomic E-state index is 0.0558. The van der Waals surface area contributed by atoms with Crippen LogP contribution < -0.4 is 5.32 Å².